The first-order valence-electron chi connectivity index (χ1n) is 8.63. The van der Waals surface area contributed by atoms with Crippen molar-refractivity contribution in [1.29, 1.82) is 0 Å². The fraction of sp³-hybridized carbons (Fsp3) is 0.350. The first kappa shape index (κ1) is 18.8. The van der Waals surface area contributed by atoms with Gasteiger partial charge in [0, 0.05) is 18.3 Å². The van der Waals surface area contributed by atoms with E-state index >= 15 is 0 Å². The quantitative estimate of drug-likeness (QED) is 0.806. The van der Waals surface area contributed by atoms with E-state index < -0.39 is 0 Å². The Balaban J connectivity index is 1.62. The monoisotopic (exact) mass is 372 g/mol. The van der Waals surface area contributed by atoms with Crippen LogP contribution in [0, 0.1) is 0 Å². The Morgan fingerprint density at radius 3 is 2.59 bits per heavy atom. The van der Waals surface area contributed by atoms with Gasteiger partial charge in [-0.1, -0.05) is 6.07 Å². The van der Waals surface area contributed by atoms with E-state index in [4.69, 9.17) is 18.9 Å². The average Bonchev–Trinajstić information content (AvgIpc) is 3.14. The highest BCUT2D eigenvalue weighted by Gasteiger charge is 2.20. The number of hydrogen-bond donors (Lipinski definition) is 1. The molecule has 7 heteroatoms. The predicted molar refractivity (Wildman–Crippen MR) is 102 cm³/mol. The minimum absolute atomic E-state index is 0.100. The molecule has 0 spiro atoms. The molecule has 2 aromatic rings. The van der Waals surface area contributed by atoms with Crippen molar-refractivity contribution in [3.8, 4) is 23.0 Å². The first-order chi connectivity index (χ1) is 13.0. The Hall–Kier alpha value is -2.93. The van der Waals surface area contributed by atoms with Crippen LogP contribution in [-0.4, -0.2) is 44.9 Å². The number of nitrogens with zero attached hydrogens (tertiary/aromatic N) is 1. The molecular formula is C20H24N2O5. The Labute approximate surface area is 158 Å². The summed E-state index contributed by atoms with van der Waals surface area (Å²) in [4.78, 5) is 14.6. The second-order valence-corrected chi connectivity index (χ2v) is 6.34. The molecule has 0 saturated heterocycles. The molecule has 1 N–H and O–H groups in total. The van der Waals surface area contributed by atoms with Gasteiger partial charge in [-0.2, -0.15) is 0 Å². The van der Waals surface area contributed by atoms with Crippen molar-refractivity contribution in [2.24, 2.45) is 0 Å². The molecule has 7 nitrogen and oxygen atoms in total. The maximum Gasteiger partial charge on any atom is 0.241 e. The van der Waals surface area contributed by atoms with E-state index in [2.05, 4.69) is 5.32 Å². The van der Waals surface area contributed by atoms with Crippen molar-refractivity contribution in [3.05, 3.63) is 42.0 Å². The highest BCUT2D eigenvalue weighted by Crippen LogP contribution is 2.34. The third kappa shape index (κ3) is 4.25. The maximum atomic E-state index is 12.6. The molecule has 1 amide bonds. The molecule has 0 bridgehead atoms. The van der Waals surface area contributed by atoms with Gasteiger partial charge in [0.05, 0.1) is 20.3 Å². The molecule has 0 radical (unpaired) electrons. The SMILES string of the molecule is COc1ccc(CN(C)C(C)C(=O)Nc2ccc3c(c2)OCO3)cc1OC. The van der Waals surface area contributed by atoms with Crippen molar-refractivity contribution >= 4 is 11.6 Å². The number of carbonyl (C=O) groups excluding carboxylic acids is 1. The summed E-state index contributed by atoms with van der Waals surface area (Å²) in [6.07, 6.45) is 0. The smallest absolute Gasteiger partial charge is 0.241 e. The highest BCUT2D eigenvalue weighted by molar-refractivity contribution is 5.94. The van der Waals surface area contributed by atoms with E-state index in [9.17, 15) is 4.79 Å². The molecule has 1 aliphatic heterocycles. The molecule has 0 aliphatic carbocycles. The van der Waals surface area contributed by atoms with Crippen molar-refractivity contribution in [2.75, 3.05) is 33.4 Å². The van der Waals surface area contributed by atoms with Crippen LogP contribution >= 0.6 is 0 Å². The third-order valence-electron chi connectivity index (χ3n) is 4.56. The Bertz CT molecular complexity index is 824. The second kappa shape index (κ2) is 8.18. The van der Waals surface area contributed by atoms with Gasteiger partial charge in [0.15, 0.2) is 23.0 Å². The minimum Gasteiger partial charge on any atom is -0.493 e. The van der Waals surface area contributed by atoms with Crippen LogP contribution in [0.25, 0.3) is 0 Å². The number of fused-ring (bicyclic) bond motifs is 1. The number of hydrogen-bond acceptors (Lipinski definition) is 6. The van der Waals surface area contributed by atoms with Crippen LogP contribution in [-0.2, 0) is 11.3 Å². The minimum atomic E-state index is -0.330. The van der Waals surface area contributed by atoms with E-state index in [1.807, 2.05) is 37.1 Å². The Kier molecular flexibility index (Phi) is 5.71. The lowest BCUT2D eigenvalue weighted by Crippen LogP contribution is -2.39. The summed E-state index contributed by atoms with van der Waals surface area (Å²) in [5.74, 6) is 2.57. The van der Waals surface area contributed by atoms with Crippen molar-refractivity contribution in [3.63, 3.8) is 0 Å². The van der Waals surface area contributed by atoms with Crippen LogP contribution in [0.15, 0.2) is 36.4 Å². The number of nitrogens with one attached hydrogen (secondary N) is 1. The van der Waals surface area contributed by atoms with Gasteiger partial charge >= 0.3 is 0 Å². The molecule has 1 atom stereocenters. The van der Waals surface area contributed by atoms with Crippen LogP contribution in [0.2, 0.25) is 0 Å². The molecule has 27 heavy (non-hydrogen) atoms. The lowest BCUT2D eigenvalue weighted by atomic mass is 10.1. The van der Waals surface area contributed by atoms with Crippen LogP contribution < -0.4 is 24.3 Å². The summed E-state index contributed by atoms with van der Waals surface area (Å²) in [5.41, 5.74) is 1.70. The largest absolute Gasteiger partial charge is 0.493 e. The van der Waals surface area contributed by atoms with Gasteiger partial charge in [0.1, 0.15) is 0 Å². The zero-order valence-corrected chi connectivity index (χ0v) is 15.9. The fourth-order valence-electron chi connectivity index (χ4n) is 2.83. The van der Waals surface area contributed by atoms with E-state index in [0.717, 1.165) is 5.56 Å². The summed E-state index contributed by atoms with van der Waals surface area (Å²) >= 11 is 0. The number of rotatable bonds is 7. The number of carbonyl (C=O) groups is 1. The fourth-order valence-corrected chi connectivity index (χ4v) is 2.83. The molecule has 2 aromatic carbocycles. The predicted octanol–water partition coefficient (Wildman–Crippen LogP) is 2.89. The summed E-state index contributed by atoms with van der Waals surface area (Å²) in [5, 5.41) is 2.92. The molecule has 0 fully saturated rings. The van der Waals surface area contributed by atoms with Gasteiger partial charge in [0.25, 0.3) is 0 Å². The zero-order valence-electron chi connectivity index (χ0n) is 15.9. The van der Waals surface area contributed by atoms with E-state index in [1.54, 1.807) is 32.4 Å². The first-order valence-corrected chi connectivity index (χ1v) is 8.63. The molecule has 1 unspecified atom stereocenters. The molecule has 1 aliphatic rings. The van der Waals surface area contributed by atoms with Crippen LogP contribution in [0.4, 0.5) is 5.69 Å². The topological polar surface area (TPSA) is 69.3 Å². The van der Waals surface area contributed by atoms with Crippen molar-refractivity contribution < 1.29 is 23.7 Å². The molecule has 0 aromatic heterocycles. The van der Waals surface area contributed by atoms with Gasteiger partial charge in [0.2, 0.25) is 12.7 Å². The van der Waals surface area contributed by atoms with E-state index in [-0.39, 0.29) is 18.7 Å². The van der Waals surface area contributed by atoms with Gasteiger partial charge < -0.3 is 24.3 Å². The van der Waals surface area contributed by atoms with Crippen LogP contribution in [0.1, 0.15) is 12.5 Å². The molecule has 0 saturated carbocycles. The van der Waals surface area contributed by atoms with Crippen LogP contribution in [0.3, 0.4) is 0 Å². The lowest BCUT2D eigenvalue weighted by Gasteiger charge is -2.24. The lowest BCUT2D eigenvalue weighted by molar-refractivity contribution is -0.120. The summed E-state index contributed by atoms with van der Waals surface area (Å²) in [6.45, 7) is 2.66. The highest BCUT2D eigenvalue weighted by atomic mass is 16.7. The van der Waals surface area contributed by atoms with Gasteiger partial charge in [-0.25, -0.2) is 0 Å². The molecular weight excluding hydrogens is 348 g/mol. The maximum absolute atomic E-state index is 12.6. The molecule has 3 rings (SSSR count). The van der Waals surface area contributed by atoms with Gasteiger partial charge in [-0.05, 0) is 43.8 Å². The number of ether oxygens (including phenoxy) is 4. The van der Waals surface area contributed by atoms with E-state index in [0.29, 0.717) is 35.2 Å². The number of methoxy groups -OCH3 is 2. The summed E-state index contributed by atoms with van der Waals surface area (Å²) < 4.78 is 21.2. The third-order valence-corrected chi connectivity index (χ3v) is 4.56. The summed E-state index contributed by atoms with van der Waals surface area (Å²) in [7, 11) is 5.11. The number of likely N-dealkylation sites (N-methyl/N-ethyl adjacent to an activating group) is 1. The normalized spacial score (nSPS) is 13.4. The van der Waals surface area contributed by atoms with Crippen molar-refractivity contribution in [1.82, 2.24) is 4.90 Å². The number of anilines is 1. The number of benzene rings is 2. The Morgan fingerprint density at radius 2 is 1.85 bits per heavy atom. The molecule has 1 heterocycles. The summed E-state index contributed by atoms with van der Waals surface area (Å²) in [6, 6.07) is 10.8. The van der Waals surface area contributed by atoms with Crippen LogP contribution in [0.5, 0.6) is 23.0 Å². The zero-order chi connectivity index (χ0) is 19.4. The standard InChI is InChI=1S/C20H24N2O5/c1-13(20(23)21-15-6-8-17-19(10-15)27-12-26-17)22(2)11-14-5-7-16(24-3)18(9-14)25-4/h5-10,13H,11-12H2,1-4H3,(H,21,23). The second-order valence-electron chi connectivity index (χ2n) is 6.34. The van der Waals surface area contributed by atoms with Crippen molar-refractivity contribution in [2.45, 2.75) is 19.5 Å². The molecule has 144 valence electrons. The Morgan fingerprint density at radius 1 is 1.11 bits per heavy atom. The van der Waals surface area contributed by atoms with E-state index in [1.165, 1.54) is 0 Å². The van der Waals surface area contributed by atoms with Gasteiger partial charge in [-0.3, -0.25) is 9.69 Å². The number of amides is 1. The van der Waals surface area contributed by atoms with Gasteiger partial charge in [-0.15, -0.1) is 0 Å². The average molecular weight is 372 g/mol.